The predicted molar refractivity (Wildman–Crippen MR) is 119 cm³/mol. The number of hydrogen-bond donors (Lipinski definition) is 2. The van der Waals surface area contributed by atoms with Crippen LogP contribution in [0.15, 0.2) is 59.8 Å². The second-order valence-electron chi connectivity index (χ2n) is 7.97. The summed E-state index contributed by atoms with van der Waals surface area (Å²) >= 11 is 0. The van der Waals surface area contributed by atoms with Crippen LogP contribution in [0.1, 0.15) is 29.2 Å². The number of hydrogen-bond acceptors (Lipinski definition) is 4. The number of nitriles is 1. The van der Waals surface area contributed by atoms with E-state index < -0.39 is 42.2 Å². The van der Waals surface area contributed by atoms with Gasteiger partial charge in [0.05, 0.1) is 34.5 Å². The maximum atomic E-state index is 13.8. The fraction of sp³-hybridized carbons (Fsp3) is 0.250. The highest BCUT2D eigenvalue weighted by molar-refractivity contribution is 6.06. The molecular formula is C24H20F3N5O3. The standard InChI is InChI=1S/C24H20F3N5O3/c1-29-19(33)13-31-21(15-7-5-14(12-28)6-8-15)20-18(9-10-30-22(20)34)32(23(31)35)17-4-2-3-16(11-17)24(25,26)27/h2-8,11,21H,9-10,13H2,1H3,(H,29,33)(H,30,34)/t21-/m1/s1. The molecule has 0 radical (unpaired) electrons. The molecule has 2 aromatic rings. The largest absolute Gasteiger partial charge is 0.416 e. The van der Waals surface area contributed by atoms with Crippen LogP contribution in [-0.4, -0.2) is 42.9 Å². The molecule has 1 atom stereocenters. The Kier molecular flexibility index (Phi) is 6.22. The maximum Gasteiger partial charge on any atom is 0.416 e. The molecule has 2 aliphatic heterocycles. The van der Waals surface area contributed by atoms with Crippen molar-refractivity contribution in [3.05, 3.63) is 76.5 Å². The smallest absolute Gasteiger partial charge is 0.358 e. The summed E-state index contributed by atoms with van der Waals surface area (Å²) in [5.74, 6) is -1.02. The first-order chi connectivity index (χ1) is 16.7. The van der Waals surface area contributed by atoms with Gasteiger partial charge in [0.25, 0.3) is 5.91 Å². The van der Waals surface area contributed by atoms with Crippen LogP contribution in [0.2, 0.25) is 0 Å². The second-order valence-corrected chi connectivity index (χ2v) is 7.97. The van der Waals surface area contributed by atoms with Crippen LogP contribution in [0, 0.1) is 11.3 Å². The Hall–Kier alpha value is -4.33. The van der Waals surface area contributed by atoms with Gasteiger partial charge < -0.3 is 15.5 Å². The summed E-state index contributed by atoms with van der Waals surface area (Å²) in [6.07, 6.45) is -4.44. The number of anilines is 1. The normalized spacial score (nSPS) is 18.1. The molecule has 11 heteroatoms. The number of urea groups is 1. The third-order valence-corrected chi connectivity index (χ3v) is 5.87. The topological polar surface area (TPSA) is 106 Å². The Morgan fingerprint density at radius 1 is 1.20 bits per heavy atom. The number of alkyl halides is 3. The Bertz CT molecular complexity index is 1260. The van der Waals surface area contributed by atoms with Crippen molar-refractivity contribution in [1.29, 1.82) is 5.26 Å². The number of nitrogens with zero attached hydrogens (tertiary/aromatic N) is 3. The summed E-state index contributed by atoms with van der Waals surface area (Å²) in [4.78, 5) is 41.4. The van der Waals surface area contributed by atoms with Crippen molar-refractivity contribution in [3.63, 3.8) is 0 Å². The van der Waals surface area contributed by atoms with E-state index in [0.717, 1.165) is 21.9 Å². The zero-order valence-corrected chi connectivity index (χ0v) is 18.5. The number of amides is 4. The number of carbonyl (C=O) groups is 3. The van der Waals surface area contributed by atoms with Crippen molar-refractivity contribution in [2.75, 3.05) is 25.0 Å². The van der Waals surface area contributed by atoms with E-state index in [1.807, 2.05) is 6.07 Å². The molecule has 0 saturated carbocycles. The fourth-order valence-electron chi connectivity index (χ4n) is 4.25. The van der Waals surface area contributed by atoms with Gasteiger partial charge in [-0.05, 0) is 35.9 Å². The zero-order valence-electron chi connectivity index (χ0n) is 18.5. The highest BCUT2D eigenvalue weighted by atomic mass is 19.4. The number of likely N-dealkylation sites (N-methyl/N-ethyl adjacent to an activating group) is 1. The lowest BCUT2D eigenvalue weighted by Gasteiger charge is -2.45. The summed E-state index contributed by atoms with van der Waals surface area (Å²) < 4.78 is 40.2. The summed E-state index contributed by atoms with van der Waals surface area (Å²) in [6, 6.07) is 10.8. The molecule has 0 aliphatic carbocycles. The lowest BCUT2D eigenvalue weighted by atomic mass is 9.88. The minimum Gasteiger partial charge on any atom is -0.358 e. The van der Waals surface area contributed by atoms with E-state index in [2.05, 4.69) is 10.6 Å². The highest BCUT2D eigenvalue weighted by Crippen LogP contribution is 2.42. The van der Waals surface area contributed by atoms with Crippen LogP contribution in [0.3, 0.4) is 0 Å². The third kappa shape index (κ3) is 4.42. The van der Waals surface area contributed by atoms with Gasteiger partial charge in [0.15, 0.2) is 0 Å². The van der Waals surface area contributed by atoms with E-state index in [4.69, 9.17) is 5.26 Å². The molecule has 35 heavy (non-hydrogen) atoms. The Balaban J connectivity index is 1.93. The minimum absolute atomic E-state index is 0.0628. The SMILES string of the molecule is CNC(=O)CN1C(=O)N(c2cccc(C(F)(F)F)c2)C2=C(C(=O)NCC2)[C@H]1c1ccc(C#N)cc1. The molecule has 2 N–H and O–H groups in total. The number of halogens is 3. The van der Waals surface area contributed by atoms with Gasteiger partial charge in [-0.1, -0.05) is 18.2 Å². The number of carbonyl (C=O) groups excluding carboxylic acids is 3. The lowest BCUT2D eigenvalue weighted by molar-refractivity contribution is -0.137. The van der Waals surface area contributed by atoms with Crippen molar-refractivity contribution in [1.82, 2.24) is 15.5 Å². The monoisotopic (exact) mass is 483 g/mol. The second kappa shape index (κ2) is 9.13. The van der Waals surface area contributed by atoms with Crippen molar-refractivity contribution in [2.24, 2.45) is 0 Å². The van der Waals surface area contributed by atoms with E-state index in [9.17, 15) is 27.6 Å². The average Bonchev–Trinajstić information content (AvgIpc) is 2.84. The Morgan fingerprint density at radius 3 is 2.54 bits per heavy atom. The van der Waals surface area contributed by atoms with Crippen LogP contribution in [0.4, 0.5) is 23.7 Å². The number of nitrogens with one attached hydrogen (secondary N) is 2. The third-order valence-electron chi connectivity index (χ3n) is 5.87. The first kappa shape index (κ1) is 23.8. The van der Waals surface area contributed by atoms with E-state index in [0.29, 0.717) is 11.1 Å². The van der Waals surface area contributed by atoms with Gasteiger partial charge in [-0.3, -0.25) is 14.5 Å². The van der Waals surface area contributed by atoms with Crippen LogP contribution in [0.25, 0.3) is 0 Å². The highest BCUT2D eigenvalue weighted by Gasteiger charge is 2.45. The fourth-order valence-corrected chi connectivity index (χ4v) is 4.25. The first-order valence-electron chi connectivity index (χ1n) is 10.7. The predicted octanol–water partition coefficient (Wildman–Crippen LogP) is 3.08. The first-order valence-corrected chi connectivity index (χ1v) is 10.7. The van der Waals surface area contributed by atoms with Crippen molar-refractivity contribution < 1.29 is 27.6 Å². The van der Waals surface area contributed by atoms with Crippen molar-refractivity contribution >= 4 is 23.5 Å². The maximum absolute atomic E-state index is 13.8. The van der Waals surface area contributed by atoms with Crippen molar-refractivity contribution in [3.8, 4) is 6.07 Å². The van der Waals surface area contributed by atoms with E-state index in [-0.39, 0.29) is 29.9 Å². The molecule has 0 saturated heterocycles. The Morgan fingerprint density at radius 2 is 1.91 bits per heavy atom. The molecule has 0 aromatic heterocycles. The van der Waals surface area contributed by atoms with Gasteiger partial charge in [0, 0.05) is 25.7 Å². The number of benzene rings is 2. The van der Waals surface area contributed by atoms with E-state index in [1.165, 1.54) is 31.3 Å². The summed E-state index contributed by atoms with van der Waals surface area (Å²) in [5.41, 5.74) is 0.253. The van der Waals surface area contributed by atoms with Gasteiger partial charge in [-0.15, -0.1) is 0 Å². The quantitative estimate of drug-likeness (QED) is 0.697. The van der Waals surface area contributed by atoms with Gasteiger partial charge >= 0.3 is 12.2 Å². The molecule has 0 unspecified atom stereocenters. The summed E-state index contributed by atoms with van der Waals surface area (Å²) in [7, 11) is 1.38. The molecule has 0 fully saturated rings. The molecule has 2 aliphatic rings. The average molecular weight is 483 g/mol. The molecule has 4 amide bonds. The van der Waals surface area contributed by atoms with Crippen molar-refractivity contribution in [2.45, 2.75) is 18.6 Å². The number of rotatable bonds is 4. The molecule has 4 rings (SSSR count). The van der Waals surface area contributed by atoms with E-state index in [1.54, 1.807) is 12.1 Å². The zero-order chi connectivity index (χ0) is 25.3. The summed E-state index contributed by atoms with van der Waals surface area (Å²) in [6.45, 7) is -0.254. The van der Waals surface area contributed by atoms with Crippen LogP contribution in [0.5, 0.6) is 0 Å². The molecule has 0 bridgehead atoms. The Labute approximate surface area is 198 Å². The molecule has 2 aromatic carbocycles. The molecule has 8 nitrogen and oxygen atoms in total. The molecular weight excluding hydrogens is 463 g/mol. The summed E-state index contributed by atoms with van der Waals surface area (Å²) in [5, 5.41) is 14.3. The van der Waals surface area contributed by atoms with Crippen LogP contribution < -0.4 is 15.5 Å². The lowest BCUT2D eigenvalue weighted by Crippen LogP contribution is -2.56. The van der Waals surface area contributed by atoms with Gasteiger partial charge in [0.1, 0.15) is 6.54 Å². The van der Waals surface area contributed by atoms with E-state index >= 15 is 0 Å². The molecule has 2 heterocycles. The van der Waals surface area contributed by atoms with Gasteiger partial charge in [0.2, 0.25) is 5.91 Å². The minimum atomic E-state index is -4.64. The van der Waals surface area contributed by atoms with Crippen LogP contribution in [-0.2, 0) is 15.8 Å². The molecule has 180 valence electrons. The molecule has 0 spiro atoms. The van der Waals surface area contributed by atoms with Gasteiger partial charge in [-0.25, -0.2) is 4.79 Å². The van der Waals surface area contributed by atoms with Gasteiger partial charge in [-0.2, -0.15) is 18.4 Å². The van der Waals surface area contributed by atoms with Crippen LogP contribution >= 0.6 is 0 Å².